The van der Waals surface area contributed by atoms with Gasteiger partial charge in [0.15, 0.2) is 5.52 Å². The number of pyridine rings is 2. The Morgan fingerprint density at radius 3 is 2.62 bits per heavy atom. The Hall–Kier alpha value is -3.34. The third-order valence-electron chi connectivity index (χ3n) is 3.88. The number of benzene rings is 1. The summed E-state index contributed by atoms with van der Waals surface area (Å²) in [6, 6.07) is 15.6. The highest BCUT2D eigenvalue weighted by atomic mass is 16.1. The average molecular weight is 314 g/mol. The van der Waals surface area contributed by atoms with E-state index in [1.807, 2.05) is 30.3 Å². The standard InChI is InChI=1S/C19H14N4O/c24-19-18-17(5-2-8-21-18)22-13-23(19)12-14-3-1-4-16(11-14)15-6-9-20-10-7-15/h1-11,13H,12H2. The maximum Gasteiger partial charge on any atom is 0.280 e. The first kappa shape index (κ1) is 14.3. The van der Waals surface area contributed by atoms with Crippen LogP contribution in [-0.4, -0.2) is 19.5 Å². The molecular weight excluding hydrogens is 300 g/mol. The lowest BCUT2D eigenvalue weighted by atomic mass is 10.0. The fourth-order valence-corrected chi connectivity index (χ4v) is 2.69. The zero-order valence-corrected chi connectivity index (χ0v) is 12.8. The third-order valence-corrected chi connectivity index (χ3v) is 3.88. The van der Waals surface area contributed by atoms with Crippen LogP contribution in [0.4, 0.5) is 0 Å². The molecule has 4 aromatic rings. The molecule has 24 heavy (non-hydrogen) atoms. The summed E-state index contributed by atoms with van der Waals surface area (Å²) in [6.45, 7) is 0.456. The SMILES string of the molecule is O=c1c2ncccc2ncn1Cc1cccc(-c2ccncc2)c1. The van der Waals surface area contributed by atoms with Crippen LogP contribution < -0.4 is 5.56 Å². The predicted octanol–water partition coefficient (Wildman–Crippen LogP) is 2.90. The van der Waals surface area contributed by atoms with Gasteiger partial charge in [-0.25, -0.2) is 9.97 Å². The van der Waals surface area contributed by atoms with E-state index in [1.165, 1.54) is 0 Å². The van der Waals surface area contributed by atoms with Crippen LogP contribution in [0.15, 0.2) is 78.2 Å². The van der Waals surface area contributed by atoms with Crippen LogP contribution in [-0.2, 0) is 6.54 Å². The van der Waals surface area contributed by atoms with Crippen molar-refractivity contribution in [3.05, 3.63) is 89.4 Å². The van der Waals surface area contributed by atoms with Gasteiger partial charge in [-0.05, 0) is 47.0 Å². The van der Waals surface area contributed by atoms with Crippen molar-refractivity contribution in [1.29, 1.82) is 0 Å². The van der Waals surface area contributed by atoms with Crippen molar-refractivity contribution in [3.63, 3.8) is 0 Å². The van der Waals surface area contributed by atoms with Gasteiger partial charge in [0.1, 0.15) is 0 Å². The lowest BCUT2D eigenvalue weighted by Gasteiger charge is -2.08. The number of aromatic nitrogens is 4. The zero-order valence-electron chi connectivity index (χ0n) is 12.8. The van der Waals surface area contributed by atoms with E-state index in [1.54, 1.807) is 41.6 Å². The second kappa shape index (κ2) is 6.04. The van der Waals surface area contributed by atoms with Crippen LogP contribution in [0.3, 0.4) is 0 Å². The van der Waals surface area contributed by atoms with E-state index in [0.29, 0.717) is 17.6 Å². The van der Waals surface area contributed by atoms with Gasteiger partial charge in [-0.3, -0.25) is 14.3 Å². The van der Waals surface area contributed by atoms with E-state index in [4.69, 9.17) is 0 Å². The average Bonchev–Trinajstić information content (AvgIpc) is 2.65. The van der Waals surface area contributed by atoms with Crippen LogP contribution in [0.25, 0.3) is 22.2 Å². The molecule has 5 nitrogen and oxygen atoms in total. The van der Waals surface area contributed by atoms with Crippen LogP contribution in [0.1, 0.15) is 5.56 Å². The third kappa shape index (κ3) is 2.67. The first-order valence-electron chi connectivity index (χ1n) is 7.61. The van der Waals surface area contributed by atoms with E-state index < -0.39 is 0 Å². The number of hydrogen-bond acceptors (Lipinski definition) is 4. The Kier molecular flexibility index (Phi) is 3.59. The monoisotopic (exact) mass is 314 g/mol. The summed E-state index contributed by atoms with van der Waals surface area (Å²) in [5.41, 5.74) is 4.10. The molecule has 3 aromatic heterocycles. The molecule has 0 fully saturated rings. The molecule has 0 radical (unpaired) electrons. The summed E-state index contributed by atoms with van der Waals surface area (Å²) in [6.07, 6.45) is 6.72. The largest absolute Gasteiger partial charge is 0.293 e. The molecule has 3 heterocycles. The van der Waals surface area contributed by atoms with Gasteiger partial charge in [-0.2, -0.15) is 0 Å². The van der Waals surface area contributed by atoms with E-state index in [9.17, 15) is 4.79 Å². The predicted molar refractivity (Wildman–Crippen MR) is 92.6 cm³/mol. The Morgan fingerprint density at radius 2 is 1.75 bits per heavy atom. The second-order valence-corrected chi connectivity index (χ2v) is 5.49. The number of rotatable bonds is 3. The van der Waals surface area contributed by atoms with Crippen LogP contribution in [0.5, 0.6) is 0 Å². The first-order valence-corrected chi connectivity index (χ1v) is 7.61. The van der Waals surface area contributed by atoms with Crippen LogP contribution in [0.2, 0.25) is 0 Å². The lowest BCUT2D eigenvalue weighted by Crippen LogP contribution is -2.21. The van der Waals surface area contributed by atoms with Gasteiger partial charge < -0.3 is 0 Å². The highest BCUT2D eigenvalue weighted by Gasteiger charge is 2.06. The molecule has 0 spiro atoms. The van der Waals surface area contributed by atoms with Gasteiger partial charge in [0.05, 0.1) is 18.4 Å². The van der Waals surface area contributed by atoms with Crippen molar-refractivity contribution in [1.82, 2.24) is 19.5 Å². The van der Waals surface area contributed by atoms with Crippen molar-refractivity contribution in [2.45, 2.75) is 6.54 Å². The first-order chi connectivity index (χ1) is 11.8. The summed E-state index contributed by atoms with van der Waals surface area (Å²) >= 11 is 0. The summed E-state index contributed by atoms with van der Waals surface area (Å²) in [5.74, 6) is 0. The molecular formula is C19H14N4O. The summed E-state index contributed by atoms with van der Waals surface area (Å²) in [4.78, 5) is 25.0. The highest BCUT2D eigenvalue weighted by molar-refractivity contribution is 5.72. The normalized spacial score (nSPS) is 10.8. The maximum atomic E-state index is 12.5. The smallest absolute Gasteiger partial charge is 0.280 e. The van der Waals surface area contributed by atoms with Crippen molar-refractivity contribution in [2.75, 3.05) is 0 Å². The topological polar surface area (TPSA) is 60.7 Å². The Bertz CT molecular complexity index is 1060. The minimum atomic E-state index is -0.130. The number of hydrogen-bond donors (Lipinski definition) is 0. The highest BCUT2D eigenvalue weighted by Crippen LogP contribution is 2.19. The molecule has 0 atom stereocenters. The molecule has 5 heteroatoms. The van der Waals surface area contributed by atoms with Gasteiger partial charge in [0, 0.05) is 18.6 Å². The van der Waals surface area contributed by atoms with Gasteiger partial charge in [0.2, 0.25) is 0 Å². The molecule has 4 rings (SSSR count). The van der Waals surface area contributed by atoms with Crippen molar-refractivity contribution in [2.24, 2.45) is 0 Å². The Balaban J connectivity index is 1.72. The van der Waals surface area contributed by atoms with Gasteiger partial charge in [0.25, 0.3) is 5.56 Å². The van der Waals surface area contributed by atoms with Crippen molar-refractivity contribution in [3.8, 4) is 11.1 Å². The van der Waals surface area contributed by atoms with Crippen molar-refractivity contribution < 1.29 is 0 Å². The van der Waals surface area contributed by atoms with E-state index in [0.717, 1.165) is 16.7 Å². The van der Waals surface area contributed by atoms with Crippen LogP contribution in [0, 0.1) is 0 Å². The molecule has 0 aliphatic rings. The van der Waals surface area contributed by atoms with E-state index >= 15 is 0 Å². The molecule has 0 bridgehead atoms. The second-order valence-electron chi connectivity index (χ2n) is 5.49. The molecule has 0 aliphatic heterocycles. The fraction of sp³-hybridized carbons (Fsp3) is 0.0526. The minimum Gasteiger partial charge on any atom is -0.293 e. The summed E-state index contributed by atoms with van der Waals surface area (Å²) < 4.78 is 1.58. The fourth-order valence-electron chi connectivity index (χ4n) is 2.69. The quantitative estimate of drug-likeness (QED) is 0.583. The molecule has 1 aromatic carbocycles. The lowest BCUT2D eigenvalue weighted by molar-refractivity contribution is 0.746. The zero-order chi connectivity index (χ0) is 16.4. The summed E-state index contributed by atoms with van der Waals surface area (Å²) in [5, 5.41) is 0. The molecule has 0 saturated heterocycles. The molecule has 0 unspecified atom stereocenters. The van der Waals surface area contributed by atoms with Gasteiger partial charge in [-0.1, -0.05) is 18.2 Å². The molecule has 0 saturated carbocycles. The molecule has 0 N–H and O–H groups in total. The Morgan fingerprint density at radius 1 is 0.875 bits per heavy atom. The minimum absolute atomic E-state index is 0.130. The van der Waals surface area contributed by atoms with Gasteiger partial charge in [-0.15, -0.1) is 0 Å². The van der Waals surface area contributed by atoms with E-state index in [2.05, 4.69) is 21.0 Å². The molecule has 116 valence electrons. The Labute approximate surface area is 138 Å². The van der Waals surface area contributed by atoms with Crippen LogP contribution >= 0.6 is 0 Å². The maximum absolute atomic E-state index is 12.5. The van der Waals surface area contributed by atoms with Gasteiger partial charge >= 0.3 is 0 Å². The number of nitrogens with zero attached hydrogens (tertiary/aromatic N) is 4. The molecule has 0 amide bonds. The van der Waals surface area contributed by atoms with E-state index in [-0.39, 0.29) is 5.56 Å². The van der Waals surface area contributed by atoms with Crippen molar-refractivity contribution >= 4 is 11.0 Å². The molecule has 0 aliphatic carbocycles. The number of fused-ring (bicyclic) bond motifs is 1. The summed E-state index contributed by atoms with van der Waals surface area (Å²) in [7, 11) is 0.